The molecule has 0 atom stereocenters. The van der Waals surface area contributed by atoms with E-state index in [1.807, 2.05) is 18.2 Å². The number of nitrogens with zero attached hydrogens (tertiary/aromatic N) is 1. The molecule has 0 heterocycles. The topological polar surface area (TPSA) is 62.5 Å². The number of allylic oxidation sites excluding steroid dienone is 1. The Balaban J connectivity index is 2.49. The molecule has 1 N–H and O–H groups in total. The quantitative estimate of drug-likeness (QED) is 0.688. The molecule has 0 aliphatic heterocycles. The fraction of sp³-hybridized carbons (Fsp3) is 0.118. The summed E-state index contributed by atoms with van der Waals surface area (Å²) in [6.07, 6.45) is 1.72. The lowest BCUT2D eigenvalue weighted by molar-refractivity contribution is 0.373. The van der Waals surface area contributed by atoms with Crippen molar-refractivity contribution >= 4 is 11.6 Å². The fourth-order valence-corrected chi connectivity index (χ4v) is 1.99. The Morgan fingerprint density at radius 1 is 1.10 bits per heavy atom. The number of rotatable bonds is 4. The standard InChI is InChI=1S/C17H15NO3/c1-20-16-6-4-3-5-14(16)13(11-18)9-12-7-8-15(19)17(10-12)21-2/h3-10,19H,1-2H3/b13-9-. The predicted octanol–water partition coefficient (Wildman–Crippen LogP) is 3.47. The van der Waals surface area contributed by atoms with Gasteiger partial charge in [-0.3, -0.25) is 0 Å². The fourth-order valence-electron chi connectivity index (χ4n) is 1.99. The van der Waals surface area contributed by atoms with Crippen molar-refractivity contribution in [3.63, 3.8) is 0 Å². The van der Waals surface area contributed by atoms with Crippen molar-refractivity contribution in [1.29, 1.82) is 5.26 Å². The van der Waals surface area contributed by atoms with Gasteiger partial charge < -0.3 is 14.6 Å². The van der Waals surface area contributed by atoms with Gasteiger partial charge in [0.2, 0.25) is 0 Å². The first-order chi connectivity index (χ1) is 10.2. The highest BCUT2D eigenvalue weighted by atomic mass is 16.5. The predicted molar refractivity (Wildman–Crippen MR) is 81.1 cm³/mol. The summed E-state index contributed by atoms with van der Waals surface area (Å²) < 4.78 is 10.3. The van der Waals surface area contributed by atoms with E-state index in [4.69, 9.17) is 9.47 Å². The molecule has 2 aromatic rings. The van der Waals surface area contributed by atoms with E-state index in [-0.39, 0.29) is 5.75 Å². The van der Waals surface area contributed by atoms with E-state index in [1.165, 1.54) is 13.2 Å². The van der Waals surface area contributed by atoms with E-state index in [2.05, 4.69) is 6.07 Å². The summed E-state index contributed by atoms with van der Waals surface area (Å²) in [6, 6.07) is 14.4. The third-order valence-corrected chi connectivity index (χ3v) is 3.03. The molecule has 2 rings (SSSR count). The average molecular weight is 281 g/mol. The smallest absolute Gasteiger partial charge is 0.161 e. The molecule has 0 radical (unpaired) electrons. The lowest BCUT2D eigenvalue weighted by Gasteiger charge is -2.08. The zero-order chi connectivity index (χ0) is 15.2. The van der Waals surface area contributed by atoms with Gasteiger partial charge in [-0.2, -0.15) is 5.26 Å². The minimum Gasteiger partial charge on any atom is -0.504 e. The molecule has 0 spiro atoms. The summed E-state index contributed by atoms with van der Waals surface area (Å²) in [4.78, 5) is 0. The highest BCUT2D eigenvalue weighted by Gasteiger charge is 2.08. The van der Waals surface area contributed by atoms with Gasteiger partial charge in [0, 0.05) is 5.56 Å². The maximum Gasteiger partial charge on any atom is 0.161 e. The van der Waals surface area contributed by atoms with Gasteiger partial charge in [0.1, 0.15) is 5.75 Å². The maximum atomic E-state index is 9.59. The highest BCUT2D eigenvalue weighted by molar-refractivity contribution is 5.91. The van der Waals surface area contributed by atoms with Crippen LogP contribution in [0.2, 0.25) is 0 Å². The second-order valence-electron chi connectivity index (χ2n) is 4.30. The molecule has 0 aromatic heterocycles. The number of hydrogen-bond acceptors (Lipinski definition) is 4. The van der Waals surface area contributed by atoms with Crippen LogP contribution in [0.1, 0.15) is 11.1 Å². The van der Waals surface area contributed by atoms with Crippen molar-refractivity contribution in [2.75, 3.05) is 14.2 Å². The van der Waals surface area contributed by atoms with Crippen LogP contribution in [0.25, 0.3) is 11.6 Å². The zero-order valence-electron chi connectivity index (χ0n) is 11.8. The Kier molecular flexibility index (Phi) is 4.47. The molecule has 0 aliphatic rings. The largest absolute Gasteiger partial charge is 0.504 e. The molecule has 0 bridgehead atoms. The molecule has 0 amide bonds. The second kappa shape index (κ2) is 6.49. The molecule has 21 heavy (non-hydrogen) atoms. The van der Waals surface area contributed by atoms with Crippen LogP contribution in [0, 0.1) is 11.3 Å². The van der Waals surface area contributed by atoms with Crippen LogP contribution in [0.3, 0.4) is 0 Å². The summed E-state index contributed by atoms with van der Waals surface area (Å²) in [5.74, 6) is 1.06. The van der Waals surface area contributed by atoms with Gasteiger partial charge in [-0.15, -0.1) is 0 Å². The van der Waals surface area contributed by atoms with Crippen LogP contribution < -0.4 is 9.47 Å². The number of para-hydroxylation sites is 1. The molecule has 0 fully saturated rings. The lowest BCUT2D eigenvalue weighted by Crippen LogP contribution is -1.90. The number of nitriles is 1. The van der Waals surface area contributed by atoms with Gasteiger partial charge in [-0.25, -0.2) is 0 Å². The first-order valence-electron chi connectivity index (χ1n) is 6.31. The summed E-state index contributed by atoms with van der Waals surface area (Å²) in [6.45, 7) is 0. The van der Waals surface area contributed by atoms with Crippen molar-refractivity contribution < 1.29 is 14.6 Å². The minimum absolute atomic E-state index is 0.0606. The molecule has 0 saturated carbocycles. The van der Waals surface area contributed by atoms with Gasteiger partial charge in [-0.05, 0) is 35.9 Å². The van der Waals surface area contributed by atoms with Crippen molar-refractivity contribution in [3.8, 4) is 23.3 Å². The van der Waals surface area contributed by atoms with Gasteiger partial charge >= 0.3 is 0 Å². The number of methoxy groups -OCH3 is 2. The van der Waals surface area contributed by atoms with E-state index in [9.17, 15) is 10.4 Å². The van der Waals surface area contributed by atoms with Crippen molar-refractivity contribution in [2.45, 2.75) is 0 Å². The number of benzene rings is 2. The summed E-state index contributed by atoms with van der Waals surface area (Å²) in [7, 11) is 3.05. The number of hydrogen-bond donors (Lipinski definition) is 1. The number of ether oxygens (including phenoxy) is 2. The number of aromatic hydroxyl groups is 1. The molecule has 0 unspecified atom stereocenters. The second-order valence-corrected chi connectivity index (χ2v) is 4.30. The van der Waals surface area contributed by atoms with Crippen molar-refractivity contribution in [1.82, 2.24) is 0 Å². The molecule has 2 aromatic carbocycles. The van der Waals surface area contributed by atoms with Crippen LogP contribution >= 0.6 is 0 Å². The molecule has 106 valence electrons. The van der Waals surface area contributed by atoms with Crippen molar-refractivity contribution in [2.24, 2.45) is 0 Å². The monoisotopic (exact) mass is 281 g/mol. The molecule has 0 saturated heterocycles. The first kappa shape index (κ1) is 14.5. The molecular formula is C17H15NO3. The average Bonchev–Trinajstić information content (AvgIpc) is 2.54. The Labute approximate surface area is 123 Å². The highest BCUT2D eigenvalue weighted by Crippen LogP contribution is 2.30. The summed E-state index contributed by atoms with van der Waals surface area (Å²) in [5, 5.41) is 19.0. The SMILES string of the molecule is COc1cc(/C=C(/C#N)c2ccccc2OC)ccc1O. The Morgan fingerprint density at radius 3 is 2.48 bits per heavy atom. The van der Waals surface area contributed by atoms with Crippen LogP contribution in [0.15, 0.2) is 42.5 Å². The Morgan fingerprint density at radius 2 is 1.81 bits per heavy atom. The van der Waals surface area contributed by atoms with Crippen LogP contribution in [-0.4, -0.2) is 19.3 Å². The molecular weight excluding hydrogens is 266 g/mol. The van der Waals surface area contributed by atoms with Crippen LogP contribution in [0.5, 0.6) is 17.2 Å². The third kappa shape index (κ3) is 3.15. The normalized spacial score (nSPS) is 10.8. The number of phenols is 1. The van der Waals surface area contributed by atoms with Crippen molar-refractivity contribution in [3.05, 3.63) is 53.6 Å². The van der Waals surface area contributed by atoms with Crippen LogP contribution in [-0.2, 0) is 0 Å². The minimum atomic E-state index is 0.0606. The van der Waals surface area contributed by atoms with E-state index in [1.54, 1.807) is 31.4 Å². The van der Waals surface area contributed by atoms with Gasteiger partial charge in [0.25, 0.3) is 0 Å². The maximum absolute atomic E-state index is 9.59. The van der Waals surface area contributed by atoms with E-state index in [0.717, 1.165) is 11.1 Å². The van der Waals surface area contributed by atoms with Gasteiger partial charge in [-0.1, -0.05) is 18.2 Å². The summed E-state index contributed by atoms with van der Waals surface area (Å²) in [5.41, 5.74) is 1.95. The zero-order valence-corrected chi connectivity index (χ0v) is 11.8. The lowest BCUT2D eigenvalue weighted by atomic mass is 10.0. The van der Waals surface area contributed by atoms with Gasteiger partial charge in [0.15, 0.2) is 11.5 Å². The number of phenolic OH excluding ortho intramolecular Hbond substituents is 1. The first-order valence-corrected chi connectivity index (χ1v) is 6.31. The third-order valence-electron chi connectivity index (χ3n) is 3.03. The Hall–Kier alpha value is -2.93. The van der Waals surface area contributed by atoms with E-state index < -0.39 is 0 Å². The van der Waals surface area contributed by atoms with Crippen LogP contribution in [0.4, 0.5) is 0 Å². The molecule has 0 aliphatic carbocycles. The summed E-state index contributed by atoms with van der Waals surface area (Å²) >= 11 is 0. The molecule has 4 nitrogen and oxygen atoms in total. The Bertz CT molecular complexity index is 714. The molecule has 4 heteroatoms. The van der Waals surface area contributed by atoms with E-state index in [0.29, 0.717) is 17.1 Å². The van der Waals surface area contributed by atoms with Gasteiger partial charge in [0.05, 0.1) is 25.9 Å². The van der Waals surface area contributed by atoms with E-state index >= 15 is 0 Å².